The lowest BCUT2D eigenvalue weighted by molar-refractivity contribution is 0.471. The molecule has 0 saturated carbocycles. The molecule has 0 unspecified atom stereocenters. The maximum atomic E-state index is 13.0. The SMILES string of the molecule is Cc1ccc(-n2ncc3c(C)nn(CCC(C)C)c(=O)c32)c(C)c1. The molecule has 0 saturated heterocycles. The third kappa shape index (κ3) is 2.86. The highest BCUT2D eigenvalue weighted by Crippen LogP contribution is 2.20. The molecular weight excluding hydrogens is 300 g/mol. The van der Waals surface area contributed by atoms with Crippen molar-refractivity contribution in [3.63, 3.8) is 0 Å². The van der Waals surface area contributed by atoms with Crippen LogP contribution in [0.3, 0.4) is 0 Å². The Kier molecular flexibility index (Phi) is 4.26. The van der Waals surface area contributed by atoms with Gasteiger partial charge < -0.3 is 0 Å². The minimum Gasteiger partial charge on any atom is -0.265 e. The predicted octanol–water partition coefficient (Wildman–Crippen LogP) is 3.55. The highest BCUT2D eigenvalue weighted by atomic mass is 16.1. The Balaban J connectivity index is 2.22. The molecule has 0 radical (unpaired) electrons. The van der Waals surface area contributed by atoms with Gasteiger partial charge in [0.05, 0.1) is 17.6 Å². The summed E-state index contributed by atoms with van der Waals surface area (Å²) in [5.41, 5.74) is 4.60. The summed E-state index contributed by atoms with van der Waals surface area (Å²) in [6, 6.07) is 6.17. The molecule has 126 valence electrons. The van der Waals surface area contributed by atoms with E-state index < -0.39 is 0 Å². The van der Waals surface area contributed by atoms with Gasteiger partial charge in [-0.1, -0.05) is 31.5 Å². The standard InChI is InChI=1S/C19H24N4O/c1-12(2)8-9-22-19(24)18-16(15(5)21-22)11-20-23(18)17-7-6-13(3)10-14(17)4/h6-7,10-12H,8-9H2,1-5H3. The molecule has 0 fully saturated rings. The molecule has 1 aromatic carbocycles. The fourth-order valence-electron chi connectivity index (χ4n) is 2.98. The molecule has 0 spiro atoms. The average molecular weight is 324 g/mol. The van der Waals surface area contributed by atoms with Gasteiger partial charge in [-0.3, -0.25) is 4.79 Å². The number of nitrogens with zero attached hydrogens (tertiary/aromatic N) is 4. The van der Waals surface area contributed by atoms with E-state index in [0.29, 0.717) is 18.0 Å². The van der Waals surface area contributed by atoms with Gasteiger partial charge in [0.2, 0.25) is 0 Å². The fraction of sp³-hybridized carbons (Fsp3) is 0.421. The molecule has 5 nitrogen and oxygen atoms in total. The largest absolute Gasteiger partial charge is 0.293 e. The second-order valence-corrected chi connectivity index (χ2v) is 6.90. The van der Waals surface area contributed by atoms with Gasteiger partial charge in [-0.15, -0.1) is 0 Å². The molecule has 3 rings (SSSR count). The Bertz CT molecular complexity index is 950. The molecule has 0 amide bonds. The first-order chi connectivity index (χ1) is 11.4. The van der Waals surface area contributed by atoms with E-state index in [9.17, 15) is 4.79 Å². The zero-order valence-electron chi connectivity index (χ0n) is 15.0. The van der Waals surface area contributed by atoms with Crippen LogP contribution in [0.25, 0.3) is 16.6 Å². The van der Waals surface area contributed by atoms with Crippen LogP contribution >= 0.6 is 0 Å². The van der Waals surface area contributed by atoms with Crippen molar-refractivity contribution in [1.82, 2.24) is 19.6 Å². The molecule has 0 atom stereocenters. The Morgan fingerprint density at radius 1 is 1.17 bits per heavy atom. The summed E-state index contributed by atoms with van der Waals surface area (Å²) in [4.78, 5) is 13.0. The quantitative estimate of drug-likeness (QED) is 0.737. The Morgan fingerprint density at radius 3 is 2.58 bits per heavy atom. The van der Waals surface area contributed by atoms with E-state index in [-0.39, 0.29) is 5.56 Å². The maximum Gasteiger partial charge on any atom is 0.293 e. The van der Waals surface area contributed by atoms with Crippen LogP contribution in [0.5, 0.6) is 0 Å². The summed E-state index contributed by atoms with van der Waals surface area (Å²) >= 11 is 0. The normalized spacial score (nSPS) is 11.6. The lowest BCUT2D eigenvalue weighted by Gasteiger charge is -2.11. The summed E-state index contributed by atoms with van der Waals surface area (Å²) in [7, 11) is 0. The maximum absolute atomic E-state index is 13.0. The van der Waals surface area contributed by atoms with Gasteiger partial charge in [-0.2, -0.15) is 10.2 Å². The smallest absolute Gasteiger partial charge is 0.265 e. The van der Waals surface area contributed by atoms with Crippen molar-refractivity contribution < 1.29 is 0 Å². The molecule has 2 heterocycles. The zero-order chi connectivity index (χ0) is 17.4. The number of fused-ring (bicyclic) bond motifs is 1. The highest BCUT2D eigenvalue weighted by molar-refractivity contribution is 5.81. The first-order valence-electron chi connectivity index (χ1n) is 8.41. The fourth-order valence-corrected chi connectivity index (χ4v) is 2.98. The number of benzene rings is 1. The van der Waals surface area contributed by atoms with Crippen LogP contribution in [0.15, 0.2) is 29.2 Å². The number of hydrogen-bond acceptors (Lipinski definition) is 3. The van der Waals surface area contributed by atoms with Gasteiger partial charge in [0.1, 0.15) is 5.52 Å². The summed E-state index contributed by atoms with van der Waals surface area (Å²) in [6.07, 6.45) is 2.67. The van der Waals surface area contributed by atoms with Crippen LogP contribution in [-0.4, -0.2) is 19.6 Å². The van der Waals surface area contributed by atoms with Gasteiger partial charge >= 0.3 is 0 Å². The van der Waals surface area contributed by atoms with E-state index in [1.165, 1.54) is 5.56 Å². The van der Waals surface area contributed by atoms with Crippen molar-refractivity contribution in [2.45, 2.75) is 47.6 Å². The molecule has 3 aromatic rings. The number of aryl methyl sites for hydroxylation is 4. The molecule has 24 heavy (non-hydrogen) atoms. The second kappa shape index (κ2) is 6.23. The van der Waals surface area contributed by atoms with E-state index in [1.807, 2.05) is 26.0 Å². The van der Waals surface area contributed by atoms with Crippen LogP contribution in [0, 0.1) is 26.7 Å². The van der Waals surface area contributed by atoms with E-state index in [0.717, 1.165) is 28.8 Å². The molecular formula is C19H24N4O. The first-order valence-corrected chi connectivity index (χ1v) is 8.41. The zero-order valence-corrected chi connectivity index (χ0v) is 15.0. The summed E-state index contributed by atoms with van der Waals surface area (Å²) in [5.74, 6) is 0.527. The van der Waals surface area contributed by atoms with Crippen molar-refractivity contribution in [1.29, 1.82) is 0 Å². The molecule has 0 aliphatic carbocycles. The number of rotatable bonds is 4. The summed E-state index contributed by atoms with van der Waals surface area (Å²) in [5, 5.41) is 9.76. The highest BCUT2D eigenvalue weighted by Gasteiger charge is 2.16. The van der Waals surface area contributed by atoms with Gasteiger partial charge in [-0.25, -0.2) is 9.36 Å². The third-order valence-corrected chi connectivity index (χ3v) is 4.37. The van der Waals surface area contributed by atoms with Crippen molar-refractivity contribution in [2.24, 2.45) is 5.92 Å². The van der Waals surface area contributed by atoms with Gasteiger partial charge in [-0.05, 0) is 44.7 Å². The van der Waals surface area contributed by atoms with E-state index in [1.54, 1.807) is 15.6 Å². The van der Waals surface area contributed by atoms with Crippen molar-refractivity contribution in [3.05, 3.63) is 51.6 Å². The van der Waals surface area contributed by atoms with Gasteiger partial charge in [0, 0.05) is 11.9 Å². The second-order valence-electron chi connectivity index (χ2n) is 6.90. The van der Waals surface area contributed by atoms with Crippen LogP contribution < -0.4 is 5.56 Å². The van der Waals surface area contributed by atoms with Crippen LogP contribution in [0.2, 0.25) is 0 Å². The minimum absolute atomic E-state index is 0.0753. The molecule has 0 aliphatic rings. The van der Waals surface area contributed by atoms with Crippen molar-refractivity contribution >= 4 is 10.9 Å². The lowest BCUT2D eigenvalue weighted by Crippen LogP contribution is -2.26. The van der Waals surface area contributed by atoms with Crippen LogP contribution in [0.4, 0.5) is 0 Å². The predicted molar refractivity (Wildman–Crippen MR) is 96.8 cm³/mol. The van der Waals surface area contributed by atoms with E-state index in [4.69, 9.17) is 0 Å². The monoisotopic (exact) mass is 324 g/mol. The summed E-state index contributed by atoms with van der Waals surface area (Å²) in [6.45, 7) is 11.0. The molecule has 0 aliphatic heterocycles. The van der Waals surface area contributed by atoms with Gasteiger partial charge in [0.25, 0.3) is 5.56 Å². The molecule has 0 bridgehead atoms. The Hall–Kier alpha value is -2.43. The van der Waals surface area contributed by atoms with Crippen molar-refractivity contribution in [3.8, 4) is 5.69 Å². The topological polar surface area (TPSA) is 52.7 Å². The third-order valence-electron chi connectivity index (χ3n) is 4.37. The Morgan fingerprint density at radius 2 is 1.92 bits per heavy atom. The number of aromatic nitrogens is 4. The van der Waals surface area contributed by atoms with E-state index in [2.05, 4.69) is 37.0 Å². The van der Waals surface area contributed by atoms with E-state index >= 15 is 0 Å². The minimum atomic E-state index is -0.0753. The van der Waals surface area contributed by atoms with Crippen molar-refractivity contribution in [2.75, 3.05) is 0 Å². The summed E-state index contributed by atoms with van der Waals surface area (Å²) < 4.78 is 3.34. The first kappa shape index (κ1) is 16.4. The molecule has 2 aromatic heterocycles. The number of hydrogen-bond donors (Lipinski definition) is 0. The van der Waals surface area contributed by atoms with Crippen LogP contribution in [0.1, 0.15) is 37.1 Å². The molecule has 0 N–H and O–H groups in total. The lowest BCUT2D eigenvalue weighted by atomic mass is 10.1. The molecule has 5 heteroatoms. The van der Waals surface area contributed by atoms with Gasteiger partial charge in [0.15, 0.2) is 0 Å². The average Bonchev–Trinajstić information content (AvgIpc) is 2.95. The Labute approximate surface area is 141 Å². The van der Waals surface area contributed by atoms with Crippen LogP contribution in [-0.2, 0) is 6.54 Å².